The first-order valence-corrected chi connectivity index (χ1v) is 12.4. The van der Waals surface area contributed by atoms with Crippen LogP contribution in [0, 0.1) is 11.8 Å². The number of nitrogens with one attached hydrogen (secondary N) is 2. The predicted octanol–water partition coefficient (Wildman–Crippen LogP) is 3.49. The van der Waals surface area contributed by atoms with Crippen molar-refractivity contribution in [3.05, 3.63) is 41.2 Å². The van der Waals surface area contributed by atoms with Crippen LogP contribution in [0.15, 0.2) is 41.2 Å². The van der Waals surface area contributed by atoms with E-state index < -0.39 is 0 Å². The van der Waals surface area contributed by atoms with Crippen LogP contribution in [0.3, 0.4) is 0 Å². The molecule has 4 heterocycles. The van der Waals surface area contributed by atoms with Crippen LogP contribution in [0.2, 0.25) is 0 Å². The molecule has 3 unspecified atom stereocenters. The van der Waals surface area contributed by atoms with E-state index in [1.54, 1.807) is 6.20 Å². The Balaban J connectivity index is 1.46. The fourth-order valence-corrected chi connectivity index (χ4v) is 5.15. The molecular weight excluding hydrogens is 498 g/mol. The summed E-state index contributed by atoms with van der Waals surface area (Å²) in [7, 11) is 0. The number of hydrogen-bond acceptors (Lipinski definition) is 7. The Kier molecular flexibility index (Phi) is 6.51. The zero-order valence-corrected chi connectivity index (χ0v) is 20.6. The third-order valence-electron chi connectivity index (χ3n) is 6.65. The third-order valence-corrected chi connectivity index (χ3v) is 7.25. The maximum atomic E-state index is 12.2. The summed E-state index contributed by atoms with van der Waals surface area (Å²) in [5.41, 5.74) is 8.81. The molecule has 10 heteroatoms. The Morgan fingerprint density at radius 1 is 1.29 bits per heavy atom. The molecule has 0 spiro atoms. The van der Waals surface area contributed by atoms with E-state index in [0.717, 1.165) is 59.8 Å². The molecule has 1 saturated heterocycles. The molecule has 4 N–H and O–H groups in total. The summed E-state index contributed by atoms with van der Waals surface area (Å²) in [5.74, 6) is 1.23. The van der Waals surface area contributed by atoms with Crippen LogP contribution in [-0.2, 0) is 9.53 Å². The summed E-state index contributed by atoms with van der Waals surface area (Å²) in [4.78, 5) is 31.6. The van der Waals surface area contributed by atoms with Crippen LogP contribution in [-0.4, -0.2) is 58.2 Å². The van der Waals surface area contributed by atoms with E-state index in [-0.39, 0.29) is 23.8 Å². The zero-order valence-electron chi connectivity index (χ0n) is 19.0. The SMILES string of the molecule is CCC1C=CCC(C(N)=O)C1Nc1c(Br)cnc2nc(-c3ccc(N4CCOCC4)nc3)[nH]c12. The number of aromatic nitrogens is 4. The number of ether oxygens (including phenoxy) is 1. The Hall–Kier alpha value is -2.98. The molecule has 0 bridgehead atoms. The highest BCUT2D eigenvalue weighted by Gasteiger charge is 2.34. The van der Waals surface area contributed by atoms with Crippen LogP contribution >= 0.6 is 15.9 Å². The van der Waals surface area contributed by atoms with E-state index in [9.17, 15) is 4.79 Å². The highest BCUT2D eigenvalue weighted by Crippen LogP contribution is 2.36. The number of anilines is 2. The number of rotatable bonds is 6. The van der Waals surface area contributed by atoms with Gasteiger partial charge in [0, 0.05) is 37.1 Å². The number of amides is 1. The van der Waals surface area contributed by atoms with Crippen LogP contribution < -0.4 is 16.0 Å². The molecule has 2 aliphatic rings. The van der Waals surface area contributed by atoms with Crippen molar-refractivity contribution >= 4 is 44.5 Å². The minimum Gasteiger partial charge on any atom is -0.378 e. The van der Waals surface area contributed by atoms with Crippen molar-refractivity contribution < 1.29 is 9.53 Å². The number of nitrogens with two attached hydrogens (primary N) is 1. The number of pyridine rings is 2. The summed E-state index contributed by atoms with van der Waals surface area (Å²) in [6.45, 7) is 5.23. The smallest absolute Gasteiger partial charge is 0.222 e. The van der Waals surface area contributed by atoms with Crippen molar-refractivity contribution in [2.24, 2.45) is 17.6 Å². The highest BCUT2D eigenvalue weighted by atomic mass is 79.9. The lowest BCUT2D eigenvalue weighted by molar-refractivity contribution is -0.122. The van der Waals surface area contributed by atoms with Gasteiger partial charge in [0.1, 0.15) is 17.2 Å². The molecule has 0 saturated carbocycles. The van der Waals surface area contributed by atoms with Gasteiger partial charge in [-0.1, -0.05) is 19.1 Å². The number of aromatic amines is 1. The van der Waals surface area contributed by atoms with E-state index in [1.165, 1.54) is 0 Å². The maximum Gasteiger partial charge on any atom is 0.222 e. The molecule has 34 heavy (non-hydrogen) atoms. The van der Waals surface area contributed by atoms with Gasteiger partial charge in [-0.15, -0.1) is 0 Å². The highest BCUT2D eigenvalue weighted by molar-refractivity contribution is 9.10. The molecule has 1 fully saturated rings. The van der Waals surface area contributed by atoms with Gasteiger partial charge in [-0.05, 0) is 46.8 Å². The largest absolute Gasteiger partial charge is 0.378 e. The van der Waals surface area contributed by atoms with Crippen LogP contribution in [0.5, 0.6) is 0 Å². The monoisotopic (exact) mass is 525 g/mol. The van der Waals surface area contributed by atoms with Gasteiger partial charge >= 0.3 is 0 Å². The second kappa shape index (κ2) is 9.71. The second-order valence-corrected chi connectivity index (χ2v) is 9.54. The topological polar surface area (TPSA) is 122 Å². The summed E-state index contributed by atoms with van der Waals surface area (Å²) in [6, 6.07) is 3.91. The van der Waals surface area contributed by atoms with Crippen LogP contribution in [0.4, 0.5) is 11.5 Å². The average molecular weight is 526 g/mol. The molecule has 9 nitrogen and oxygen atoms in total. The Labute approximate surface area is 206 Å². The van der Waals surface area contributed by atoms with E-state index in [0.29, 0.717) is 17.9 Å². The Morgan fingerprint density at radius 3 is 2.82 bits per heavy atom. The van der Waals surface area contributed by atoms with Gasteiger partial charge in [0.15, 0.2) is 5.65 Å². The number of hydrogen-bond donors (Lipinski definition) is 3. The van der Waals surface area contributed by atoms with E-state index in [4.69, 9.17) is 15.5 Å². The molecule has 3 aromatic heterocycles. The van der Waals surface area contributed by atoms with Crippen molar-refractivity contribution in [3.8, 4) is 11.4 Å². The summed E-state index contributed by atoms with van der Waals surface area (Å²) in [5, 5.41) is 3.60. The van der Waals surface area contributed by atoms with Crippen molar-refractivity contribution in [3.63, 3.8) is 0 Å². The first-order chi connectivity index (χ1) is 16.5. The van der Waals surface area contributed by atoms with Gasteiger partial charge < -0.3 is 25.7 Å². The molecule has 3 aromatic rings. The van der Waals surface area contributed by atoms with Crippen LogP contribution in [0.25, 0.3) is 22.6 Å². The average Bonchev–Trinajstić information content (AvgIpc) is 3.31. The molecule has 0 aromatic carbocycles. The Bertz CT molecular complexity index is 1200. The van der Waals surface area contributed by atoms with E-state index >= 15 is 0 Å². The molecule has 5 rings (SSSR count). The van der Waals surface area contributed by atoms with Gasteiger partial charge in [0.05, 0.1) is 29.3 Å². The number of carbonyl (C=O) groups excluding carboxylic acids is 1. The number of carbonyl (C=O) groups is 1. The standard InChI is InChI=1S/C24H28BrN7O2/c1-2-14-4-3-5-16(22(26)33)19(14)29-20-17(25)13-28-24-21(20)30-23(31-24)15-6-7-18(27-12-15)32-8-10-34-11-9-32/h3-4,6-7,12-14,16,19H,2,5,8-11H2,1H3,(H2,26,33)(H2,28,29,30,31). The third kappa shape index (κ3) is 4.39. The maximum absolute atomic E-state index is 12.2. The van der Waals surface area contributed by atoms with Gasteiger partial charge in [-0.2, -0.15) is 0 Å². The number of allylic oxidation sites excluding steroid dienone is 1. The zero-order chi connectivity index (χ0) is 23.7. The summed E-state index contributed by atoms with van der Waals surface area (Å²) >= 11 is 3.63. The van der Waals surface area contributed by atoms with E-state index in [2.05, 4.69) is 60.2 Å². The lowest BCUT2D eigenvalue weighted by Gasteiger charge is -2.34. The normalized spacial score (nSPS) is 22.8. The number of halogens is 1. The van der Waals surface area contributed by atoms with Crippen molar-refractivity contribution in [2.75, 3.05) is 36.5 Å². The number of fused-ring (bicyclic) bond motifs is 1. The first kappa shape index (κ1) is 22.8. The van der Waals surface area contributed by atoms with Gasteiger partial charge in [0.25, 0.3) is 0 Å². The molecule has 1 aliphatic heterocycles. The number of primary amides is 1. The molecular formula is C24H28BrN7O2. The molecule has 178 valence electrons. The first-order valence-electron chi connectivity index (χ1n) is 11.6. The van der Waals surface area contributed by atoms with Gasteiger partial charge in [0.2, 0.25) is 5.91 Å². The molecule has 3 atom stereocenters. The van der Waals surface area contributed by atoms with Gasteiger partial charge in [-0.25, -0.2) is 15.0 Å². The lowest BCUT2D eigenvalue weighted by atomic mass is 9.79. The van der Waals surface area contributed by atoms with Crippen molar-refractivity contribution in [1.29, 1.82) is 0 Å². The molecule has 0 radical (unpaired) electrons. The number of imidazole rings is 1. The fraction of sp³-hybridized carbons (Fsp3) is 0.417. The van der Waals surface area contributed by atoms with Gasteiger partial charge in [-0.3, -0.25) is 4.79 Å². The second-order valence-electron chi connectivity index (χ2n) is 8.68. The fourth-order valence-electron chi connectivity index (χ4n) is 4.74. The van der Waals surface area contributed by atoms with E-state index in [1.807, 2.05) is 18.3 Å². The lowest BCUT2D eigenvalue weighted by Crippen LogP contribution is -2.44. The number of H-pyrrole nitrogens is 1. The van der Waals surface area contributed by atoms with Crippen molar-refractivity contribution in [2.45, 2.75) is 25.8 Å². The summed E-state index contributed by atoms with van der Waals surface area (Å²) < 4.78 is 6.22. The number of nitrogens with zero attached hydrogens (tertiary/aromatic N) is 4. The Morgan fingerprint density at radius 2 is 2.12 bits per heavy atom. The quantitative estimate of drug-likeness (QED) is 0.421. The molecule has 1 amide bonds. The summed E-state index contributed by atoms with van der Waals surface area (Å²) in [6.07, 6.45) is 9.31. The predicted molar refractivity (Wildman–Crippen MR) is 135 cm³/mol. The minimum absolute atomic E-state index is 0.115. The molecule has 1 aliphatic carbocycles. The minimum atomic E-state index is -0.293. The van der Waals surface area contributed by atoms with Crippen molar-refractivity contribution in [1.82, 2.24) is 19.9 Å². The van der Waals surface area contributed by atoms with Crippen LogP contribution in [0.1, 0.15) is 19.8 Å². The number of morpholine rings is 1.